The van der Waals surface area contributed by atoms with Crippen molar-refractivity contribution in [3.05, 3.63) is 17.7 Å². The second-order valence-corrected chi connectivity index (χ2v) is 6.35. The summed E-state index contributed by atoms with van der Waals surface area (Å²) in [5.41, 5.74) is 0.0402. The van der Waals surface area contributed by atoms with Gasteiger partial charge in [0.15, 0.2) is 5.75 Å². The highest BCUT2D eigenvalue weighted by Crippen LogP contribution is 2.34. The van der Waals surface area contributed by atoms with Crippen LogP contribution in [0.1, 0.15) is 29.6 Å². The molecule has 0 aromatic heterocycles. The van der Waals surface area contributed by atoms with Crippen LogP contribution in [-0.4, -0.2) is 34.6 Å². The summed E-state index contributed by atoms with van der Waals surface area (Å²) in [6.07, 6.45) is 2.88. The number of rotatable bonds is 5. The van der Waals surface area contributed by atoms with Crippen LogP contribution in [0.5, 0.6) is 11.5 Å². The number of sulfonamides is 1. The van der Waals surface area contributed by atoms with E-state index in [4.69, 9.17) is 14.6 Å². The fourth-order valence-electron chi connectivity index (χ4n) is 2.17. The standard InChI is InChI=1S/C13H18N2O5S/c1-19-9-6-7-10(21(14,17)18)12(20-2)11(9)13(16)15-8-4-3-5-8/h6-8H,3-5H2,1-2H3,(H,15,16)(H2,14,17,18). The zero-order valence-electron chi connectivity index (χ0n) is 11.9. The Morgan fingerprint density at radius 3 is 2.38 bits per heavy atom. The number of amides is 1. The van der Waals surface area contributed by atoms with Gasteiger partial charge in [0, 0.05) is 6.04 Å². The SMILES string of the molecule is COc1ccc(S(N)(=O)=O)c(OC)c1C(=O)NC1CCC1. The number of carbonyl (C=O) groups excluding carboxylic acids is 1. The highest BCUT2D eigenvalue weighted by Gasteiger charge is 2.28. The zero-order chi connectivity index (χ0) is 15.6. The monoisotopic (exact) mass is 314 g/mol. The topological polar surface area (TPSA) is 108 Å². The van der Waals surface area contributed by atoms with Gasteiger partial charge in [-0.3, -0.25) is 4.79 Å². The highest BCUT2D eigenvalue weighted by atomic mass is 32.2. The number of ether oxygens (including phenoxy) is 2. The van der Waals surface area contributed by atoms with E-state index < -0.39 is 15.9 Å². The molecule has 1 aliphatic carbocycles. The number of hydrogen-bond donors (Lipinski definition) is 2. The molecule has 0 aliphatic heterocycles. The molecule has 1 saturated carbocycles. The molecule has 1 fully saturated rings. The second-order valence-electron chi connectivity index (χ2n) is 4.82. The lowest BCUT2D eigenvalue weighted by atomic mass is 9.93. The van der Waals surface area contributed by atoms with Gasteiger partial charge in [-0.2, -0.15) is 0 Å². The van der Waals surface area contributed by atoms with Gasteiger partial charge < -0.3 is 14.8 Å². The molecule has 3 N–H and O–H groups in total. The van der Waals surface area contributed by atoms with Crippen LogP contribution < -0.4 is 19.9 Å². The maximum atomic E-state index is 12.4. The molecule has 116 valence electrons. The fraction of sp³-hybridized carbons (Fsp3) is 0.462. The molecule has 21 heavy (non-hydrogen) atoms. The summed E-state index contributed by atoms with van der Waals surface area (Å²) in [5, 5.41) is 7.98. The van der Waals surface area contributed by atoms with Gasteiger partial charge in [-0.25, -0.2) is 13.6 Å². The van der Waals surface area contributed by atoms with Crippen LogP contribution in [-0.2, 0) is 10.0 Å². The molecule has 1 aliphatic rings. The predicted molar refractivity (Wildman–Crippen MR) is 76.0 cm³/mol. The first-order chi connectivity index (χ1) is 9.88. The molecule has 7 nitrogen and oxygen atoms in total. The van der Waals surface area contributed by atoms with Crippen molar-refractivity contribution < 1.29 is 22.7 Å². The van der Waals surface area contributed by atoms with Gasteiger partial charge in [-0.1, -0.05) is 0 Å². The van der Waals surface area contributed by atoms with Crippen molar-refractivity contribution in [1.82, 2.24) is 5.32 Å². The molecule has 0 atom stereocenters. The first kappa shape index (κ1) is 15.6. The van der Waals surface area contributed by atoms with Crippen LogP contribution in [0.2, 0.25) is 0 Å². The smallest absolute Gasteiger partial charge is 0.259 e. The Kier molecular flexibility index (Phi) is 4.38. The van der Waals surface area contributed by atoms with E-state index in [1.165, 1.54) is 26.4 Å². The van der Waals surface area contributed by atoms with Crippen molar-refractivity contribution in [2.24, 2.45) is 5.14 Å². The van der Waals surface area contributed by atoms with Crippen molar-refractivity contribution >= 4 is 15.9 Å². The van der Waals surface area contributed by atoms with Gasteiger partial charge >= 0.3 is 0 Å². The molecule has 1 aromatic carbocycles. The molecule has 0 bridgehead atoms. The van der Waals surface area contributed by atoms with E-state index in [2.05, 4.69) is 5.32 Å². The third-order valence-electron chi connectivity index (χ3n) is 3.48. The first-order valence-electron chi connectivity index (χ1n) is 6.47. The Balaban J connectivity index is 2.51. The average molecular weight is 314 g/mol. The first-order valence-corrected chi connectivity index (χ1v) is 8.01. The lowest BCUT2D eigenvalue weighted by Gasteiger charge is -2.27. The van der Waals surface area contributed by atoms with Crippen LogP contribution in [0.4, 0.5) is 0 Å². The molecule has 0 radical (unpaired) electrons. The maximum Gasteiger partial charge on any atom is 0.259 e. The molecule has 1 amide bonds. The molecule has 0 heterocycles. The van der Waals surface area contributed by atoms with Gasteiger partial charge in [0.05, 0.1) is 14.2 Å². The summed E-state index contributed by atoms with van der Waals surface area (Å²) < 4.78 is 33.4. The van der Waals surface area contributed by atoms with Crippen LogP contribution in [0.3, 0.4) is 0 Å². The maximum absolute atomic E-state index is 12.4. The largest absolute Gasteiger partial charge is 0.496 e. The number of methoxy groups -OCH3 is 2. The molecule has 2 rings (SSSR count). The van der Waals surface area contributed by atoms with E-state index in [1.807, 2.05) is 0 Å². The van der Waals surface area contributed by atoms with Crippen LogP contribution >= 0.6 is 0 Å². The normalized spacial score (nSPS) is 15.2. The summed E-state index contributed by atoms with van der Waals surface area (Å²) in [4.78, 5) is 12.1. The van der Waals surface area contributed by atoms with Crippen LogP contribution in [0.15, 0.2) is 17.0 Å². The van der Waals surface area contributed by atoms with E-state index >= 15 is 0 Å². The minimum atomic E-state index is -4.01. The predicted octanol–water partition coefficient (Wildman–Crippen LogP) is 0.633. The van der Waals surface area contributed by atoms with Crippen molar-refractivity contribution in [3.8, 4) is 11.5 Å². The Morgan fingerprint density at radius 2 is 1.95 bits per heavy atom. The number of carbonyl (C=O) groups is 1. The van der Waals surface area contributed by atoms with Gasteiger partial charge in [0.25, 0.3) is 5.91 Å². The molecular weight excluding hydrogens is 296 g/mol. The Hall–Kier alpha value is -1.80. The van der Waals surface area contributed by atoms with E-state index in [9.17, 15) is 13.2 Å². The quantitative estimate of drug-likeness (QED) is 0.829. The number of benzene rings is 1. The van der Waals surface area contributed by atoms with Gasteiger partial charge in [0.1, 0.15) is 16.2 Å². The van der Waals surface area contributed by atoms with Crippen LogP contribution in [0, 0.1) is 0 Å². The number of nitrogens with two attached hydrogens (primary N) is 1. The zero-order valence-corrected chi connectivity index (χ0v) is 12.7. The van der Waals surface area contributed by atoms with E-state index in [1.54, 1.807) is 0 Å². The van der Waals surface area contributed by atoms with Crippen molar-refractivity contribution in [2.75, 3.05) is 14.2 Å². The van der Waals surface area contributed by atoms with Gasteiger partial charge in [-0.15, -0.1) is 0 Å². The van der Waals surface area contributed by atoms with E-state index in [0.29, 0.717) is 0 Å². The molecule has 0 spiro atoms. The molecule has 0 unspecified atom stereocenters. The minimum absolute atomic E-state index is 0.0402. The number of primary sulfonamides is 1. The minimum Gasteiger partial charge on any atom is -0.496 e. The Morgan fingerprint density at radius 1 is 1.29 bits per heavy atom. The second kappa shape index (κ2) is 5.90. The molecule has 8 heteroatoms. The van der Waals surface area contributed by atoms with Gasteiger partial charge in [0.2, 0.25) is 10.0 Å². The Labute approximate surface area is 123 Å². The lowest BCUT2D eigenvalue weighted by Crippen LogP contribution is -2.39. The highest BCUT2D eigenvalue weighted by molar-refractivity contribution is 7.89. The van der Waals surface area contributed by atoms with E-state index in [0.717, 1.165) is 19.3 Å². The third kappa shape index (κ3) is 3.11. The Bertz CT molecular complexity index is 653. The summed E-state index contributed by atoms with van der Waals surface area (Å²) in [6, 6.07) is 2.75. The molecular formula is C13H18N2O5S. The fourth-order valence-corrected chi connectivity index (χ4v) is 2.87. The summed E-state index contributed by atoms with van der Waals surface area (Å²) in [5.74, 6) is -0.302. The van der Waals surface area contributed by atoms with Crippen molar-refractivity contribution in [1.29, 1.82) is 0 Å². The lowest BCUT2D eigenvalue weighted by molar-refractivity contribution is 0.0910. The summed E-state index contributed by atoms with van der Waals surface area (Å²) >= 11 is 0. The summed E-state index contributed by atoms with van der Waals surface area (Å²) in [7, 11) is -1.33. The van der Waals surface area contributed by atoms with Crippen molar-refractivity contribution in [3.63, 3.8) is 0 Å². The average Bonchev–Trinajstić information content (AvgIpc) is 2.39. The van der Waals surface area contributed by atoms with E-state index in [-0.39, 0.29) is 28.0 Å². The van der Waals surface area contributed by atoms with Crippen LogP contribution in [0.25, 0.3) is 0 Å². The number of nitrogens with one attached hydrogen (secondary N) is 1. The number of hydrogen-bond acceptors (Lipinski definition) is 5. The molecule has 1 aromatic rings. The van der Waals surface area contributed by atoms with Crippen molar-refractivity contribution in [2.45, 2.75) is 30.2 Å². The van der Waals surface area contributed by atoms with Gasteiger partial charge in [-0.05, 0) is 31.4 Å². The summed E-state index contributed by atoms with van der Waals surface area (Å²) in [6.45, 7) is 0. The molecule has 0 saturated heterocycles. The third-order valence-corrected chi connectivity index (χ3v) is 4.42.